The van der Waals surface area contributed by atoms with Crippen LogP contribution in [-0.4, -0.2) is 0 Å². The number of fused-ring (bicyclic) bond motifs is 11. The molecule has 0 radical (unpaired) electrons. The van der Waals surface area contributed by atoms with Gasteiger partial charge in [0.1, 0.15) is 0 Å². The highest BCUT2D eigenvalue weighted by molar-refractivity contribution is 6.13. The van der Waals surface area contributed by atoms with Crippen LogP contribution in [0.2, 0.25) is 0 Å². The molecule has 0 heterocycles. The fraction of sp³-hybridized carbons (Fsp3) is 0.274. The summed E-state index contributed by atoms with van der Waals surface area (Å²) in [5, 5.41) is 5.65. The first kappa shape index (κ1) is 38.1. The minimum absolute atomic E-state index is 1.05. The summed E-state index contributed by atoms with van der Waals surface area (Å²) in [5.74, 6) is 0. The second-order valence-corrected chi connectivity index (χ2v) is 19.3. The summed E-state index contributed by atoms with van der Waals surface area (Å²) in [6.07, 6.45) is 22.7. The molecule has 0 spiro atoms. The lowest BCUT2D eigenvalue weighted by atomic mass is 9.75. The van der Waals surface area contributed by atoms with Crippen LogP contribution in [0.5, 0.6) is 0 Å². The number of nitrogens with zero attached hydrogens (tertiary/aromatic N) is 2. The molecule has 7 aromatic carbocycles. The fourth-order valence-corrected chi connectivity index (χ4v) is 12.9. The van der Waals surface area contributed by atoms with Crippen molar-refractivity contribution in [2.45, 2.75) is 109 Å². The van der Waals surface area contributed by atoms with Gasteiger partial charge in [-0.2, -0.15) is 0 Å². The monoisotopic (exact) mass is 828 g/mol. The molecule has 64 heavy (non-hydrogen) atoms. The number of hydrogen-bond donors (Lipinski definition) is 0. The molecular formula is C62H56N2. The van der Waals surface area contributed by atoms with E-state index in [1.54, 1.807) is 33.4 Å². The maximum Gasteiger partial charge on any atom is 0.0977 e. The van der Waals surface area contributed by atoms with Gasteiger partial charge in [-0.15, -0.1) is 0 Å². The van der Waals surface area contributed by atoms with Crippen LogP contribution in [0, 0.1) is 0 Å². The van der Waals surface area contributed by atoms with Gasteiger partial charge in [-0.3, -0.25) is 0 Å². The van der Waals surface area contributed by atoms with E-state index < -0.39 is 0 Å². The minimum Gasteiger partial charge on any atom is -0.309 e. The third-order valence-electron chi connectivity index (χ3n) is 15.8. The third kappa shape index (κ3) is 6.06. The van der Waals surface area contributed by atoms with Crippen LogP contribution in [0.1, 0.15) is 115 Å². The summed E-state index contributed by atoms with van der Waals surface area (Å²) in [4.78, 5) is 5.40. The molecular weight excluding hydrogens is 773 g/mol. The first-order valence-electron chi connectivity index (χ1n) is 24.7. The Hall–Kier alpha value is -6.34. The van der Waals surface area contributed by atoms with Crippen molar-refractivity contribution in [2.24, 2.45) is 0 Å². The summed E-state index contributed by atoms with van der Waals surface area (Å²) >= 11 is 0. The summed E-state index contributed by atoms with van der Waals surface area (Å²) in [5.41, 5.74) is 29.9. The molecule has 2 nitrogen and oxygen atoms in total. The molecule has 0 atom stereocenters. The van der Waals surface area contributed by atoms with Crippen LogP contribution >= 0.6 is 0 Å². The molecule has 6 aliphatic carbocycles. The molecule has 7 aromatic rings. The van der Waals surface area contributed by atoms with Gasteiger partial charge in [-0.25, -0.2) is 0 Å². The largest absolute Gasteiger partial charge is 0.309 e. The molecule has 0 amide bonds. The normalized spacial score (nSPS) is 17.5. The van der Waals surface area contributed by atoms with Crippen LogP contribution in [0.3, 0.4) is 0 Å². The first-order chi connectivity index (χ1) is 31.8. The van der Waals surface area contributed by atoms with Crippen molar-refractivity contribution in [2.75, 3.05) is 9.80 Å². The zero-order valence-electron chi connectivity index (χ0n) is 37.1. The zero-order chi connectivity index (χ0) is 42.1. The quantitative estimate of drug-likeness (QED) is 0.122. The van der Waals surface area contributed by atoms with Crippen molar-refractivity contribution < 1.29 is 0 Å². The van der Waals surface area contributed by atoms with Crippen LogP contribution in [0.25, 0.3) is 32.8 Å². The number of rotatable bonds is 6. The Labute approximate surface area is 379 Å². The molecule has 0 saturated carbocycles. The maximum atomic E-state index is 4.27. The second-order valence-electron chi connectivity index (χ2n) is 19.3. The highest BCUT2D eigenvalue weighted by Crippen LogP contribution is 2.55. The van der Waals surface area contributed by atoms with Gasteiger partial charge < -0.3 is 9.80 Å². The molecule has 0 aromatic heterocycles. The van der Waals surface area contributed by atoms with E-state index in [0.29, 0.717) is 0 Å². The SMILES string of the molecule is C1=C2C(=CCC3=C2CCCC3)c2ccccc2C=1N(c1ccccc1)c1c2c(c(N(c3ccccc3)c3cc4c5c(ccc4c4c3CCCC4)CCCC5)c3ccccc13)CCCC2. The van der Waals surface area contributed by atoms with Crippen molar-refractivity contribution in [3.63, 3.8) is 0 Å². The number of aryl methyl sites for hydroxylation is 3. The number of anilines is 5. The number of para-hydroxylation sites is 2. The van der Waals surface area contributed by atoms with E-state index in [1.807, 2.05) is 0 Å². The molecule has 0 aliphatic heterocycles. The molecule has 6 aliphatic rings. The minimum atomic E-state index is 1.05. The second kappa shape index (κ2) is 15.7. The van der Waals surface area contributed by atoms with Crippen molar-refractivity contribution in [3.8, 4) is 0 Å². The highest BCUT2D eigenvalue weighted by atomic mass is 15.2. The van der Waals surface area contributed by atoms with E-state index in [1.165, 1.54) is 160 Å². The lowest BCUT2D eigenvalue weighted by molar-refractivity contribution is 0.666. The van der Waals surface area contributed by atoms with Crippen LogP contribution in [0.4, 0.5) is 28.4 Å². The third-order valence-corrected chi connectivity index (χ3v) is 15.8. The Morgan fingerprint density at radius 1 is 0.406 bits per heavy atom. The molecule has 13 rings (SSSR count). The molecule has 2 heteroatoms. The van der Waals surface area contributed by atoms with Crippen LogP contribution < -0.4 is 9.80 Å². The molecule has 0 unspecified atom stereocenters. The molecule has 0 bridgehead atoms. The number of benzene rings is 7. The predicted octanol–water partition coefficient (Wildman–Crippen LogP) is 16.5. The highest BCUT2D eigenvalue weighted by Gasteiger charge is 2.35. The molecule has 314 valence electrons. The summed E-state index contributed by atoms with van der Waals surface area (Å²) in [6, 6.07) is 49.0. The smallest absolute Gasteiger partial charge is 0.0977 e. The van der Waals surface area contributed by atoms with Crippen LogP contribution in [0.15, 0.2) is 156 Å². The average molecular weight is 829 g/mol. The van der Waals surface area contributed by atoms with Gasteiger partial charge in [0.15, 0.2) is 0 Å². The predicted molar refractivity (Wildman–Crippen MR) is 270 cm³/mol. The van der Waals surface area contributed by atoms with Crippen molar-refractivity contribution in [1.29, 1.82) is 0 Å². The fourth-order valence-electron chi connectivity index (χ4n) is 12.9. The van der Waals surface area contributed by atoms with Crippen molar-refractivity contribution in [1.82, 2.24) is 0 Å². The Morgan fingerprint density at radius 2 is 0.969 bits per heavy atom. The zero-order valence-corrected chi connectivity index (χ0v) is 37.1. The number of allylic oxidation sites excluding steroid dienone is 5. The van der Waals surface area contributed by atoms with E-state index in [4.69, 9.17) is 0 Å². The van der Waals surface area contributed by atoms with Gasteiger partial charge >= 0.3 is 0 Å². The van der Waals surface area contributed by atoms with E-state index >= 15 is 0 Å². The van der Waals surface area contributed by atoms with E-state index in [9.17, 15) is 0 Å². The topological polar surface area (TPSA) is 6.48 Å². The molecule has 0 saturated heterocycles. The van der Waals surface area contributed by atoms with Gasteiger partial charge in [0, 0.05) is 33.3 Å². The Kier molecular flexibility index (Phi) is 9.37. The Bertz CT molecular complexity index is 3170. The standard InChI is InChI=1S/C62H56N2/c1-3-21-43(22-4-1)63(59-39-57-45-25-9-7-19-41(45)35-37-49(57)47-27-11-13-29-51(47)59)61-53-31-15-17-33-55(53)62(56-34-18-16-32-54(56)61)64(44-23-5-2-6-24-44)60-40-58-46-26-10-8-20-42(46)36-38-50(58)48-28-12-14-30-52(48)60/h1-6,11,13,15,17,21-24,27,29,31,33,36-38,40H,7-10,12,14,16,18-20,25-26,28,30,32,34-35H2. The Morgan fingerprint density at radius 3 is 1.70 bits per heavy atom. The summed E-state index contributed by atoms with van der Waals surface area (Å²) < 4.78 is 0. The number of hydrogen-bond acceptors (Lipinski definition) is 2. The maximum absolute atomic E-state index is 4.27. The van der Waals surface area contributed by atoms with Crippen molar-refractivity contribution >= 4 is 61.3 Å². The van der Waals surface area contributed by atoms with Crippen LogP contribution in [-0.2, 0) is 38.5 Å². The van der Waals surface area contributed by atoms with Gasteiger partial charge in [-0.1, -0.05) is 114 Å². The van der Waals surface area contributed by atoms with E-state index in [0.717, 1.165) is 38.5 Å². The van der Waals surface area contributed by atoms with Gasteiger partial charge in [-0.05, 0) is 200 Å². The van der Waals surface area contributed by atoms with Gasteiger partial charge in [0.2, 0.25) is 0 Å². The van der Waals surface area contributed by atoms with Crippen molar-refractivity contribution in [3.05, 3.63) is 200 Å². The van der Waals surface area contributed by atoms with Gasteiger partial charge in [0.25, 0.3) is 0 Å². The summed E-state index contributed by atoms with van der Waals surface area (Å²) in [7, 11) is 0. The average Bonchev–Trinajstić information content (AvgIpc) is 3.37. The van der Waals surface area contributed by atoms with Gasteiger partial charge in [0.05, 0.1) is 22.8 Å². The van der Waals surface area contributed by atoms with E-state index in [-0.39, 0.29) is 0 Å². The Balaban J connectivity index is 1.13. The summed E-state index contributed by atoms with van der Waals surface area (Å²) in [6.45, 7) is 0. The van der Waals surface area contributed by atoms with E-state index in [2.05, 4.69) is 149 Å². The molecule has 0 N–H and O–H groups in total. The molecule has 0 fully saturated rings. The lowest BCUT2D eigenvalue weighted by Crippen LogP contribution is -2.24. The first-order valence-corrected chi connectivity index (χ1v) is 24.7. The lowest BCUT2D eigenvalue weighted by Gasteiger charge is -2.39.